The number of sulfone groups is 1. The number of carbonyl (C=O) groups excluding carboxylic acids is 2. The van der Waals surface area contributed by atoms with Crippen LogP contribution in [-0.2, 0) is 14.7 Å². The minimum atomic E-state index is -3.43. The second-order valence-corrected chi connectivity index (χ2v) is 8.40. The zero-order chi connectivity index (χ0) is 22.5. The Morgan fingerprint density at radius 1 is 1.13 bits per heavy atom. The molecule has 9 nitrogen and oxygen atoms in total. The number of phenolic OH excluding ortho intramolecular Hbond substituents is 1. The quantitative estimate of drug-likeness (QED) is 0.447. The van der Waals surface area contributed by atoms with E-state index in [1.807, 2.05) is 5.48 Å². The van der Waals surface area contributed by atoms with Crippen molar-refractivity contribution in [3.8, 4) is 5.75 Å². The molecular formula is C19H21FN2O7S. The van der Waals surface area contributed by atoms with Crippen molar-refractivity contribution in [1.82, 2.24) is 10.8 Å². The summed E-state index contributed by atoms with van der Waals surface area (Å²) in [6.07, 6.45) is -0.428. The number of aromatic hydroxyl groups is 1. The van der Waals surface area contributed by atoms with E-state index in [9.17, 15) is 32.6 Å². The minimum absolute atomic E-state index is 0.0326. The Bertz CT molecular complexity index is 1030. The lowest BCUT2D eigenvalue weighted by atomic mass is 10.0. The van der Waals surface area contributed by atoms with Gasteiger partial charge in [0.15, 0.2) is 9.84 Å². The number of carbonyl (C=O) groups is 2. The number of hydroxylamine groups is 1. The highest BCUT2D eigenvalue weighted by Gasteiger charge is 2.25. The third-order valence-electron chi connectivity index (χ3n) is 4.21. The smallest absolute Gasteiger partial charge is 0.278 e. The van der Waals surface area contributed by atoms with Gasteiger partial charge in [-0.3, -0.25) is 14.4 Å². The average Bonchev–Trinajstić information content (AvgIpc) is 2.71. The molecule has 0 unspecified atom stereocenters. The van der Waals surface area contributed by atoms with Crippen molar-refractivity contribution in [2.24, 2.45) is 0 Å². The Morgan fingerprint density at radius 2 is 1.77 bits per heavy atom. The summed E-state index contributed by atoms with van der Waals surface area (Å²) < 4.78 is 36.5. The molecule has 0 aromatic heterocycles. The number of nitrogens with one attached hydrogen (secondary N) is 2. The summed E-state index contributed by atoms with van der Waals surface area (Å²) in [6, 6.07) is 7.26. The van der Waals surface area contributed by atoms with Crippen LogP contribution >= 0.6 is 0 Å². The van der Waals surface area contributed by atoms with Gasteiger partial charge in [0.1, 0.15) is 18.5 Å². The molecule has 0 aliphatic carbocycles. The zero-order valence-electron chi connectivity index (χ0n) is 16.1. The van der Waals surface area contributed by atoms with Crippen molar-refractivity contribution in [2.75, 3.05) is 20.0 Å². The Morgan fingerprint density at radius 3 is 2.30 bits per heavy atom. The molecule has 0 radical (unpaired) electrons. The number of aliphatic hydroxyl groups is 1. The maximum Gasteiger partial charge on any atom is 0.278 e. The average molecular weight is 440 g/mol. The molecule has 0 bridgehead atoms. The van der Waals surface area contributed by atoms with Gasteiger partial charge in [0, 0.05) is 11.8 Å². The zero-order valence-corrected chi connectivity index (χ0v) is 16.9. The van der Waals surface area contributed by atoms with Gasteiger partial charge < -0.3 is 15.5 Å². The molecular weight excluding hydrogens is 419 g/mol. The van der Waals surface area contributed by atoms with Gasteiger partial charge in [-0.1, -0.05) is 12.1 Å². The van der Waals surface area contributed by atoms with Crippen molar-refractivity contribution in [2.45, 2.75) is 17.0 Å². The van der Waals surface area contributed by atoms with E-state index in [1.54, 1.807) is 0 Å². The van der Waals surface area contributed by atoms with Gasteiger partial charge in [0.2, 0.25) is 0 Å². The number of hydrogen-bond acceptors (Lipinski definition) is 7. The van der Waals surface area contributed by atoms with E-state index in [2.05, 4.69) is 10.2 Å². The molecule has 30 heavy (non-hydrogen) atoms. The van der Waals surface area contributed by atoms with Crippen LogP contribution in [0.25, 0.3) is 0 Å². The molecule has 2 atom stereocenters. The maximum atomic E-state index is 13.5. The van der Waals surface area contributed by atoms with Crippen molar-refractivity contribution >= 4 is 21.7 Å². The number of phenols is 1. The largest absolute Gasteiger partial charge is 0.507 e. The first-order valence-electron chi connectivity index (χ1n) is 8.59. The van der Waals surface area contributed by atoms with Gasteiger partial charge in [0.05, 0.1) is 23.6 Å². The van der Waals surface area contributed by atoms with Crippen LogP contribution in [-0.4, -0.2) is 56.5 Å². The first-order valence-corrected chi connectivity index (χ1v) is 10.5. The summed E-state index contributed by atoms with van der Waals surface area (Å²) in [5.41, 5.74) is 1.91. The van der Waals surface area contributed by atoms with Gasteiger partial charge in [0.25, 0.3) is 11.8 Å². The van der Waals surface area contributed by atoms with E-state index in [1.165, 1.54) is 37.4 Å². The highest BCUT2D eigenvalue weighted by atomic mass is 32.2. The van der Waals surface area contributed by atoms with E-state index < -0.39 is 46.2 Å². The Balaban J connectivity index is 2.19. The number of rotatable bonds is 8. The highest BCUT2D eigenvalue weighted by molar-refractivity contribution is 7.90. The third-order valence-corrected chi connectivity index (χ3v) is 5.34. The predicted octanol–water partition coefficient (Wildman–Crippen LogP) is 0.888. The van der Waals surface area contributed by atoms with Crippen LogP contribution in [0.3, 0.4) is 0 Å². The van der Waals surface area contributed by atoms with E-state index in [0.717, 1.165) is 18.4 Å². The molecule has 2 amide bonds. The molecule has 0 aliphatic heterocycles. The third kappa shape index (κ3) is 5.53. The monoisotopic (exact) mass is 440 g/mol. The van der Waals surface area contributed by atoms with Gasteiger partial charge >= 0.3 is 0 Å². The lowest BCUT2D eigenvalue weighted by Gasteiger charge is -2.22. The van der Waals surface area contributed by atoms with Crippen LogP contribution in [0, 0.1) is 0 Å². The lowest BCUT2D eigenvalue weighted by Crippen LogP contribution is -2.41. The fraction of sp³-hybridized carbons (Fsp3) is 0.263. The Labute approximate surface area is 172 Å². The molecule has 4 N–H and O–H groups in total. The lowest BCUT2D eigenvalue weighted by molar-refractivity contribution is 0.0535. The Kier molecular flexibility index (Phi) is 7.48. The summed E-state index contributed by atoms with van der Waals surface area (Å²) in [7, 11) is -2.24. The van der Waals surface area contributed by atoms with Crippen LogP contribution < -0.4 is 10.8 Å². The molecule has 0 heterocycles. The number of amides is 2. The van der Waals surface area contributed by atoms with E-state index in [4.69, 9.17) is 0 Å². The van der Waals surface area contributed by atoms with Crippen LogP contribution in [0.1, 0.15) is 32.4 Å². The highest BCUT2D eigenvalue weighted by Crippen LogP contribution is 2.22. The fourth-order valence-electron chi connectivity index (χ4n) is 2.60. The first kappa shape index (κ1) is 23.3. The van der Waals surface area contributed by atoms with Crippen LogP contribution in [0.4, 0.5) is 4.39 Å². The molecule has 0 aliphatic rings. The van der Waals surface area contributed by atoms with Crippen molar-refractivity contribution in [1.29, 1.82) is 0 Å². The molecule has 0 fully saturated rings. The van der Waals surface area contributed by atoms with Crippen molar-refractivity contribution in [3.63, 3.8) is 0 Å². The standard InChI is InChI=1S/C19H21FN2O7S/c1-29-22-19(26)14-9-12(5-8-16(14)23)18(25)21-15(10-20)17(24)11-3-6-13(7-4-11)30(2,27)28/h3-9,15,17,23-24H,10H2,1-2H3,(H,21,25)(H,22,26)/t15-,17-/m1/s1. The summed E-state index contributed by atoms with van der Waals surface area (Å²) in [5.74, 6) is -1.98. The summed E-state index contributed by atoms with van der Waals surface area (Å²) in [5, 5.41) is 22.5. The Hall–Kier alpha value is -3.02. The summed E-state index contributed by atoms with van der Waals surface area (Å²) in [6.45, 7) is -1.12. The normalized spacial score (nSPS) is 13.3. The SMILES string of the molecule is CONC(=O)c1cc(C(=O)N[C@H](CF)[C@H](O)c2ccc(S(C)(=O)=O)cc2)ccc1O. The second kappa shape index (κ2) is 9.65. The molecule has 2 aromatic carbocycles. The first-order chi connectivity index (χ1) is 14.1. The van der Waals surface area contributed by atoms with Gasteiger partial charge in [-0.2, -0.15) is 0 Å². The van der Waals surface area contributed by atoms with E-state index in [-0.39, 0.29) is 21.6 Å². The van der Waals surface area contributed by atoms with Gasteiger partial charge in [-0.15, -0.1) is 0 Å². The van der Waals surface area contributed by atoms with Crippen LogP contribution in [0.2, 0.25) is 0 Å². The number of alkyl halides is 1. The molecule has 2 rings (SSSR count). The topological polar surface area (TPSA) is 142 Å². The molecule has 162 valence electrons. The summed E-state index contributed by atoms with van der Waals surface area (Å²) in [4.78, 5) is 28.8. The van der Waals surface area contributed by atoms with E-state index >= 15 is 0 Å². The van der Waals surface area contributed by atoms with Crippen LogP contribution in [0.5, 0.6) is 5.75 Å². The molecule has 0 spiro atoms. The van der Waals surface area contributed by atoms with E-state index in [0.29, 0.717) is 0 Å². The van der Waals surface area contributed by atoms with Crippen LogP contribution in [0.15, 0.2) is 47.4 Å². The number of halogens is 1. The number of aliphatic hydroxyl groups excluding tert-OH is 1. The molecule has 11 heteroatoms. The molecule has 0 saturated carbocycles. The molecule has 0 saturated heterocycles. The number of benzene rings is 2. The second-order valence-electron chi connectivity index (χ2n) is 6.39. The maximum absolute atomic E-state index is 13.5. The van der Waals surface area contributed by atoms with Crippen molar-refractivity contribution in [3.05, 3.63) is 59.2 Å². The number of hydrogen-bond donors (Lipinski definition) is 4. The summed E-state index contributed by atoms with van der Waals surface area (Å²) >= 11 is 0. The minimum Gasteiger partial charge on any atom is -0.507 e. The predicted molar refractivity (Wildman–Crippen MR) is 104 cm³/mol. The van der Waals surface area contributed by atoms with Gasteiger partial charge in [-0.05, 0) is 35.9 Å². The van der Waals surface area contributed by atoms with Gasteiger partial charge in [-0.25, -0.2) is 18.3 Å². The molecule has 2 aromatic rings. The fourth-order valence-corrected chi connectivity index (χ4v) is 3.24. The van der Waals surface area contributed by atoms with Crippen molar-refractivity contribution < 1.29 is 37.4 Å².